The van der Waals surface area contributed by atoms with Crippen LogP contribution in [0.2, 0.25) is 0 Å². The molecular weight excluding hydrogens is 324 g/mol. The number of carboxylic acid groups (broad SMARTS) is 1. The maximum Gasteiger partial charge on any atom is 0.354 e. The fourth-order valence-corrected chi connectivity index (χ4v) is 3.32. The van der Waals surface area contributed by atoms with Crippen LogP contribution in [-0.2, 0) is 0 Å². The first-order valence-electron chi connectivity index (χ1n) is 8.03. The summed E-state index contributed by atoms with van der Waals surface area (Å²) >= 11 is 0. The van der Waals surface area contributed by atoms with Crippen LogP contribution in [0.3, 0.4) is 0 Å². The summed E-state index contributed by atoms with van der Waals surface area (Å²) in [5.74, 6) is 0.0576. The lowest BCUT2D eigenvalue weighted by molar-refractivity contribution is 0.0690. The molecule has 0 saturated carbocycles. The molecule has 1 amide bonds. The third kappa shape index (κ3) is 2.77. The highest BCUT2D eigenvalue weighted by molar-refractivity contribution is 5.97. The zero-order valence-electron chi connectivity index (χ0n) is 13.3. The summed E-state index contributed by atoms with van der Waals surface area (Å²) in [6.07, 6.45) is 3.09. The number of carbonyl (C=O) groups is 2. The molecule has 1 aromatic carbocycles. The van der Waals surface area contributed by atoms with Gasteiger partial charge in [0.25, 0.3) is 5.91 Å². The highest BCUT2D eigenvalue weighted by Gasteiger charge is 2.32. The maximum absolute atomic E-state index is 12.9. The lowest BCUT2D eigenvalue weighted by Gasteiger charge is -2.25. The minimum absolute atomic E-state index is 0.0663. The fraction of sp³-hybridized carbons (Fsp3) is 0.278. The molecule has 0 bridgehead atoms. The van der Waals surface area contributed by atoms with E-state index in [1.54, 1.807) is 11.0 Å². The van der Waals surface area contributed by atoms with Crippen LogP contribution in [0.15, 0.2) is 36.5 Å². The van der Waals surface area contributed by atoms with Gasteiger partial charge in [0, 0.05) is 18.3 Å². The summed E-state index contributed by atoms with van der Waals surface area (Å²) in [7, 11) is 0. The SMILES string of the molecule is O=C(O)c1cc(C(=O)N2CCCC2c2ccc3c(c2)OCO3)ccn1. The van der Waals surface area contributed by atoms with Crippen molar-refractivity contribution in [2.75, 3.05) is 13.3 Å². The van der Waals surface area contributed by atoms with Crippen LogP contribution in [0.25, 0.3) is 0 Å². The molecule has 7 heteroatoms. The number of fused-ring (bicyclic) bond motifs is 1. The zero-order valence-corrected chi connectivity index (χ0v) is 13.3. The summed E-state index contributed by atoms with van der Waals surface area (Å²) in [5.41, 5.74) is 1.19. The van der Waals surface area contributed by atoms with Gasteiger partial charge in [0.05, 0.1) is 6.04 Å². The predicted octanol–water partition coefficient (Wildman–Crippen LogP) is 2.49. The highest BCUT2D eigenvalue weighted by Crippen LogP contribution is 2.39. The van der Waals surface area contributed by atoms with Gasteiger partial charge in [-0.15, -0.1) is 0 Å². The first kappa shape index (κ1) is 15.4. The molecule has 1 saturated heterocycles. The second-order valence-electron chi connectivity index (χ2n) is 6.00. The van der Waals surface area contributed by atoms with Gasteiger partial charge in [0.15, 0.2) is 11.5 Å². The Bertz CT molecular complexity index is 851. The minimum Gasteiger partial charge on any atom is -0.477 e. The van der Waals surface area contributed by atoms with Gasteiger partial charge in [-0.2, -0.15) is 0 Å². The van der Waals surface area contributed by atoms with Gasteiger partial charge in [0.2, 0.25) is 6.79 Å². The van der Waals surface area contributed by atoms with E-state index >= 15 is 0 Å². The van der Waals surface area contributed by atoms with Gasteiger partial charge in [-0.05, 0) is 42.7 Å². The minimum atomic E-state index is -1.15. The van der Waals surface area contributed by atoms with E-state index in [9.17, 15) is 9.59 Å². The van der Waals surface area contributed by atoms with E-state index in [1.165, 1.54) is 12.3 Å². The molecule has 0 spiro atoms. The van der Waals surface area contributed by atoms with Crippen LogP contribution in [-0.4, -0.2) is 40.2 Å². The van der Waals surface area contributed by atoms with Crippen molar-refractivity contribution >= 4 is 11.9 Å². The van der Waals surface area contributed by atoms with Crippen LogP contribution >= 0.6 is 0 Å². The molecule has 1 unspecified atom stereocenters. The number of likely N-dealkylation sites (tertiary alicyclic amines) is 1. The van der Waals surface area contributed by atoms with E-state index in [0.717, 1.165) is 18.4 Å². The number of amides is 1. The third-order valence-corrected chi connectivity index (χ3v) is 4.52. The maximum atomic E-state index is 12.9. The summed E-state index contributed by atoms with van der Waals surface area (Å²) in [4.78, 5) is 29.5. The van der Waals surface area contributed by atoms with Crippen LogP contribution in [0.5, 0.6) is 11.5 Å². The number of benzene rings is 1. The largest absolute Gasteiger partial charge is 0.477 e. The molecule has 7 nitrogen and oxygen atoms in total. The number of pyridine rings is 1. The molecule has 2 aromatic rings. The van der Waals surface area contributed by atoms with E-state index in [2.05, 4.69) is 4.98 Å². The van der Waals surface area contributed by atoms with Crippen molar-refractivity contribution in [2.45, 2.75) is 18.9 Å². The number of hydrogen-bond donors (Lipinski definition) is 1. The Kier molecular flexibility index (Phi) is 3.76. The van der Waals surface area contributed by atoms with E-state index in [-0.39, 0.29) is 24.4 Å². The highest BCUT2D eigenvalue weighted by atomic mass is 16.7. The van der Waals surface area contributed by atoms with Crippen molar-refractivity contribution in [3.8, 4) is 11.5 Å². The first-order valence-corrected chi connectivity index (χ1v) is 8.03. The van der Waals surface area contributed by atoms with Crippen molar-refractivity contribution in [3.63, 3.8) is 0 Å². The molecule has 3 heterocycles. The van der Waals surface area contributed by atoms with Gasteiger partial charge in [-0.25, -0.2) is 9.78 Å². The van der Waals surface area contributed by atoms with Gasteiger partial charge in [-0.1, -0.05) is 6.07 Å². The molecule has 1 aromatic heterocycles. The smallest absolute Gasteiger partial charge is 0.354 e. The van der Waals surface area contributed by atoms with E-state index in [0.29, 0.717) is 23.6 Å². The van der Waals surface area contributed by atoms with Crippen LogP contribution in [0.4, 0.5) is 0 Å². The quantitative estimate of drug-likeness (QED) is 0.923. The van der Waals surface area contributed by atoms with Gasteiger partial charge >= 0.3 is 5.97 Å². The van der Waals surface area contributed by atoms with Gasteiger partial charge < -0.3 is 19.5 Å². The Morgan fingerprint density at radius 1 is 1.16 bits per heavy atom. The molecule has 2 aliphatic heterocycles. The van der Waals surface area contributed by atoms with Crippen molar-refractivity contribution < 1.29 is 24.2 Å². The lowest BCUT2D eigenvalue weighted by Crippen LogP contribution is -2.30. The fourth-order valence-electron chi connectivity index (χ4n) is 3.32. The molecular formula is C18H16N2O5. The number of hydrogen-bond acceptors (Lipinski definition) is 5. The Balaban J connectivity index is 1.62. The molecule has 128 valence electrons. The first-order chi connectivity index (χ1) is 12.1. The molecule has 0 aliphatic carbocycles. The Labute approximate surface area is 143 Å². The molecule has 2 aliphatic rings. The number of aromatic nitrogens is 1. The number of carbonyl (C=O) groups excluding carboxylic acids is 1. The number of rotatable bonds is 3. The molecule has 4 rings (SSSR count). The summed E-state index contributed by atoms with van der Waals surface area (Å²) in [5, 5.41) is 9.06. The monoisotopic (exact) mass is 340 g/mol. The summed E-state index contributed by atoms with van der Waals surface area (Å²) in [6, 6.07) is 8.51. The molecule has 25 heavy (non-hydrogen) atoms. The van der Waals surface area contributed by atoms with E-state index in [1.807, 2.05) is 18.2 Å². The molecule has 1 fully saturated rings. The summed E-state index contributed by atoms with van der Waals surface area (Å²) in [6.45, 7) is 0.837. The molecule has 0 radical (unpaired) electrons. The van der Waals surface area contributed by atoms with Crippen molar-refractivity contribution in [3.05, 3.63) is 53.3 Å². The van der Waals surface area contributed by atoms with Crippen molar-refractivity contribution in [1.29, 1.82) is 0 Å². The normalized spacial score (nSPS) is 18.4. The van der Waals surface area contributed by atoms with Crippen LogP contribution in [0.1, 0.15) is 45.3 Å². The zero-order chi connectivity index (χ0) is 17.4. The molecule has 1 atom stereocenters. The van der Waals surface area contributed by atoms with Crippen molar-refractivity contribution in [2.24, 2.45) is 0 Å². The van der Waals surface area contributed by atoms with Crippen molar-refractivity contribution in [1.82, 2.24) is 9.88 Å². The van der Waals surface area contributed by atoms with Gasteiger partial charge in [0.1, 0.15) is 5.69 Å². The van der Waals surface area contributed by atoms with Gasteiger partial charge in [-0.3, -0.25) is 4.79 Å². The standard InChI is InChI=1S/C18H16N2O5/c21-17(12-5-6-19-13(8-12)18(22)23)20-7-1-2-14(20)11-3-4-15-16(9-11)25-10-24-15/h3-6,8-9,14H,1-2,7,10H2,(H,22,23). The Morgan fingerprint density at radius 2 is 2.00 bits per heavy atom. The summed E-state index contributed by atoms with van der Waals surface area (Å²) < 4.78 is 10.8. The predicted molar refractivity (Wildman–Crippen MR) is 86.8 cm³/mol. The number of aromatic carboxylic acids is 1. The average Bonchev–Trinajstić information content (AvgIpc) is 3.29. The second kappa shape index (κ2) is 6.08. The van der Waals surface area contributed by atoms with Crippen LogP contribution in [0, 0.1) is 0 Å². The number of nitrogens with zero attached hydrogens (tertiary/aromatic N) is 2. The second-order valence-corrected chi connectivity index (χ2v) is 6.00. The topological polar surface area (TPSA) is 89.0 Å². The molecule has 1 N–H and O–H groups in total. The third-order valence-electron chi connectivity index (χ3n) is 4.52. The van der Waals surface area contributed by atoms with E-state index < -0.39 is 5.97 Å². The van der Waals surface area contributed by atoms with E-state index in [4.69, 9.17) is 14.6 Å². The Morgan fingerprint density at radius 3 is 2.84 bits per heavy atom. The lowest BCUT2D eigenvalue weighted by atomic mass is 10.0. The van der Waals surface area contributed by atoms with Crippen LogP contribution < -0.4 is 9.47 Å². The number of carboxylic acids is 1. The Hall–Kier alpha value is -3.09. The number of ether oxygens (including phenoxy) is 2. The average molecular weight is 340 g/mol.